The van der Waals surface area contributed by atoms with Gasteiger partial charge in [-0.2, -0.15) is 0 Å². The molecule has 0 aliphatic carbocycles. The van der Waals surface area contributed by atoms with E-state index in [1.54, 1.807) is 11.3 Å². The highest BCUT2D eigenvalue weighted by atomic mass is 32.1. The summed E-state index contributed by atoms with van der Waals surface area (Å²) in [6.45, 7) is 4.79. The van der Waals surface area contributed by atoms with Crippen LogP contribution in [0.1, 0.15) is 13.3 Å². The topological polar surface area (TPSA) is 51.4 Å². The first-order chi connectivity index (χ1) is 6.79. The van der Waals surface area contributed by atoms with Gasteiger partial charge in [-0.15, -0.1) is 11.3 Å². The predicted molar refractivity (Wildman–Crippen MR) is 58.8 cm³/mol. The molecule has 2 heterocycles. The molecular weight excluding hydrogens is 198 g/mol. The van der Waals surface area contributed by atoms with Gasteiger partial charge in [0, 0.05) is 18.5 Å². The molecule has 0 amide bonds. The van der Waals surface area contributed by atoms with Gasteiger partial charge in [0.2, 0.25) is 0 Å². The predicted octanol–water partition coefficient (Wildman–Crippen LogP) is 1.34. The summed E-state index contributed by atoms with van der Waals surface area (Å²) >= 11 is 1.60. The molecule has 0 aromatic carbocycles. The molecule has 5 heteroatoms. The van der Waals surface area contributed by atoms with Crippen molar-refractivity contribution in [1.82, 2.24) is 4.98 Å². The minimum absolute atomic E-state index is 0.342. The summed E-state index contributed by atoms with van der Waals surface area (Å²) in [6, 6.07) is 0. The van der Waals surface area contributed by atoms with Gasteiger partial charge in [-0.05, 0) is 6.42 Å². The monoisotopic (exact) mass is 213 g/mol. The lowest BCUT2D eigenvalue weighted by Gasteiger charge is -2.32. The van der Waals surface area contributed by atoms with Crippen molar-refractivity contribution >= 4 is 22.3 Å². The fraction of sp³-hybridized carbons (Fsp3) is 0.667. The Morgan fingerprint density at radius 2 is 2.64 bits per heavy atom. The number of anilines is 2. The third kappa shape index (κ3) is 1.99. The average Bonchev–Trinajstić information content (AvgIpc) is 2.65. The number of thiazole rings is 1. The molecule has 0 unspecified atom stereocenters. The Morgan fingerprint density at radius 1 is 1.79 bits per heavy atom. The summed E-state index contributed by atoms with van der Waals surface area (Å²) in [5.41, 5.74) is 5.59. The van der Waals surface area contributed by atoms with E-state index >= 15 is 0 Å². The third-order valence-corrected chi connectivity index (χ3v) is 3.29. The SMILES string of the molecule is CC[C@H]1CN(c2nc(N)cs2)CCO1. The molecule has 2 N–H and O–H groups in total. The highest BCUT2D eigenvalue weighted by Crippen LogP contribution is 2.23. The van der Waals surface area contributed by atoms with Crippen LogP contribution < -0.4 is 10.6 Å². The van der Waals surface area contributed by atoms with Gasteiger partial charge in [0.05, 0.1) is 12.7 Å². The van der Waals surface area contributed by atoms with Gasteiger partial charge in [0.1, 0.15) is 5.82 Å². The summed E-state index contributed by atoms with van der Waals surface area (Å²) in [5, 5.41) is 2.90. The first kappa shape index (κ1) is 9.73. The van der Waals surface area contributed by atoms with Crippen molar-refractivity contribution in [3.63, 3.8) is 0 Å². The number of nitrogens with two attached hydrogens (primary N) is 1. The zero-order valence-electron chi connectivity index (χ0n) is 8.27. The Hall–Kier alpha value is -0.810. The van der Waals surface area contributed by atoms with Gasteiger partial charge in [-0.25, -0.2) is 4.98 Å². The molecule has 1 saturated heterocycles. The van der Waals surface area contributed by atoms with Crippen molar-refractivity contribution in [2.75, 3.05) is 30.3 Å². The maximum atomic E-state index is 5.59. The molecule has 1 aliphatic rings. The van der Waals surface area contributed by atoms with Gasteiger partial charge in [0.15, 0.2) is 5.13 Å². The molecule has 0 bridgehead atoms. The van der Waals surface area contributed by atoms with Crippen LogP contribution in [0.25, 0.3) is 0 Å². The average molecular weight is 213 g/mol. The second-order valence-electron chi connectivity index (χ2n) is 3.40. The molecule has 1 fully saturated rings. The van der Waals surface area contributed by atoms with E-state index in [9.17, 15) is 0 Å². The van der Waals surface area contributed by atoms with E-state index in [4.69, 9.17) is 10.5 Å². The maximum absolute atomic E-state index is 5.59. The molecule has 1 aromatic rings. The van der Waals surface area contributed by atoms with E-state index in [0.29, 0.717) is 11.9 Å². The number of nitrogen functional groups attached to an aromatic ring is 1. The second-order valence-corrected chi connectivity index (χ2v) is 4.24. The quantitative estimate of drug-likeness (QED) is 0.805. The van der Waals surface area contributed by atoms with Crippen LogP contribution in [-0.4, -0.2) is 30.8 Å². The van der Waals surface area contributed by atoms with Crippen LogP contribution in [0.5, 0.6) is 0 Å². The summed E-state index contributed by atoms with van der Waals surface area (Å²) in [6.07, 6.45) is 1.39. The Bertz CT molecular complexity index is 302. The Morgan fingerprint density at radius 3 is 3.29 bits per heavy atom. The number of morpholine rings is 1. The largest absolute Gasteiger partial charge is 0.383 e. The summed E-state index contributed by atoms with van der Waals surface area (Å²) in [5.74, 6) is 0.615. The number of rotatable bonds is 2. The zero-order valence-corrected chi connectivity index (χ0v) is 9.09. The molecule has 1 atom stereocenters. The minimum atomic E-state index is 0.342. The first-order valence-corrected chi connectivity index (χ1v) is 5.75. The van der Waals surface area contributed by atoms with Crippen molar-refractivity contribution in [3.8, 4) is 0 Å². The molecule has 4 nitrogen and oxygen atoms in total. The van der Waals surface area contributed by atoms with Crippen LogP contribution in [0, 0.1) is 0 Å². The minimum Gasteiger partial charge on any atom is -0.383 e. The van der Waals surface area contributed by atoms with Gasteiger partial charge < -0.3 is 15.4 Å². The number of ether oxygens (including phenoxy) is 1. The molecule has 0 spiro atoms. The van der Waals surface area contributed by atoms with E-state index < -0.39 is 0 Å². The van der Waals surface area contributed by atoms with Crippen molar-refractivity contribution in [3.05, 3.63) is 5.38 Å². The van der Waals surface area contributed by atoms with Gasteiger partial charge in [-0.1, -0.05) is 6.92 Å². The number of hydrogen-bond acceptors (Lipinski definition) is 5. The molecule has 1 aromatic heterocycles. The van der Waals surface area contributed by atoms with Crippen LogP contribution in [-0.2, 0) is 4.74 Å². The van der Waals surface area contributed by atoms with E-state index in [2.05, 4.69) is 16.8 Å². The van der Waals surface area contributed by atoms with Gasteiger partial charge >= 0.3 is 0 Å². The molecule has 1 aliphatic heterocycles. The fourth-order valence-electron chi connectivity index (χ4n) is 1.56. The summed E-state index contributed by atoms with van der Waals surface area (Å²) < 4.78 is 5.59. The fourth-order valence-corrected chi connectivity index (χ4v) is 2.31. The van der Waals surface area contributed by atoms with Crippen molar-refractivity contribution < 1.29 is 4.74 Å². The van der Waals surface area contributed by atoms with Crippen molar-refractivity contribution in [2.24, 2.45) is 0 Å². The highest BCUT2D eigenvalue weighted by molar-refractivity contribution is 7.14. The molecule has 2 rings (SSSR count). The smallest absolute Gasteiger partial charge is 0.187 e. The van der Waals surface area contributed by atoms with Gasteiger partial charge in [0.25, 0.3) is 0 Å². The van der Waals surface area contributed by atoms with Crippen LogP contribution in [0.3, 0.4) is 0 Å². The molecule has 14 heavy (non-hydrogen) atoms. The number of aromatic nitrogens is 1. The van der Waals surface area contributed by atoms with Crippen LogP contribution in [0.15, 0.2) is 5.38 Å². The van der Waals surface area contributed by atoms with E-state index in [1.165, 1.54) is 0 Å². The third-order valence-electron chi connectivity index (χ3n) is 2.37. The van der Waals surface area contributed by atoms with Gasteiger partial charge in [-0.3, -0.25) is 0 Å². The maximum Gasteiger partial charge on any atom is 0.187 e. The lowest BCUT2D eigenvalue weighted by Crippen LogP contribution is -2.42. The van der Waals surface area contributed by atoms with Crippen molar-refractivity contribution in [2.45, 2.75) is 19.4 Å². The number of hydrogen-bond donors (Lipinski definition) is 1. The van der Waals surface area contributed by atoms with Crippen LogP contribution in [0.2, 0.25) is 0 Å². The van der Waals surface area contributed by atoms with E-state index in [-0.39, 0.29) is 0 Å². The van der Waals surface area contributed by atoms with Crippen molar-refractivity contribution in [1.29, 1.82) is 0 Å². The van der Waals surface area contributed by atoms with Crippen LogP contribution >= 0.6 is 11.3 Å². The van der Waals surface area contributed by atoms with E-state index in [1.807, 2.05) is 5.38 Å². The normalized spacial score (nSPS) is 22.6. The lowest BCUT2D eigenvalue weighted by atomic mass is 10.2. The second kappa shape index (κ2) is 4.14. The summed E-state index contributed by atoms with van der Waals surface area (Å²) in [7, 11) is 0. The zero-order chi connectivity index (χ0) is 9.97. The summed E-state index contributed by atoms with van der Waals surface area (Å²) in [4.78, 5) is 6.52. The first-order valence-electron chi connectivity index (χ1n) is 4.87. The molecule has 78 valence electrons. The Kier molecular flexibility index (Phi) is 2.88. The molecular formula is C9H15N3OS. The standard InChI is InChI=1S/C9H15N3OS/c1-2-7-5-12(3-4-13-7)9-11-8(10)6-14-9/h6-7H,2-5,10H2,1H3/t7-/m0/s1. The van der Waals surface area contributed by atoms with Crippen LogP contribution in [0.4, 0.5) is 10.9 Å². The van der Waals surface area contributed by atoms with E-state index in [0.717, 1.165) is 31.2 Å². The Balaban J connectivity index is 2.04. The lowest BCUT2D eigenvalue weighted by molar-refractivity contribution is 0.0384. The Labute approximate surface area is 87.7 Å². The molecule has 0 saturated carbocycles. The number of nitrogens with zero attached hydrogens (tertiary/aromatic N) is 2. The highest BCUT2D eigenvalue weighted by Gasteiger charge is 2.20. The molecule has 0 radical (unpaired) electrons.